The Kier molecular flexibility index (Phi) is 5.35. The van der Waals surface area contributed by atoms with Crippen molar-refractivity contribution in [1.29, 1.82) is 0 Å². The minimum absolute atomic E-state index is 0.108. The fourth-order valence-corrected chi connectivity index (χ4v) is 3.01. The number of pyridine rings is 1. The molecule has 0 saturated carbocycles. The van der Waals surface area contributed by atoms with Gasteiger partial charge in [0.2, 0.25) is 11.7 Å². The Hall–Kier alpha value is -3.52. The van der Waals surface area contributed by atoms with Gasteiger partial charge in [0.25, 0.3) is 11.4 Å². The van der Waals surface area contributed by atoms with Gasteiger partial charge in [-0.2, -0.15) is 4.98 Å². The Morgan fingerprint density at radius 3 is 2.55 bits per heavy atom. The number of halogens is 1. The Balaban J connectivity index is 1.55. The molecule has 0 spiro atoms. The maximum Gasteiger partial charge on any atom is 0.263 e. The lowest BCUT2D eigenvalue weighted by molar-refractivity contribution is -0.116. The molecule has 8 heteroatoms. The number of amides is 1. The lowest BCUT2D eigenvalue weighted by Gasteiger charge is -2.08. The lowest BCUT2D eigenvalue weighted by atomic mass is 10.2. The van der Waals surface area contributed by atoms with Gasteiger partial charge in [-0.15, -0.1) is 0 Å². The minimum atomic E-state index is -0.387. The average molecular weight is 451 g/mol. The molecular weight excluding hydrogens is 436 g/mol. The van der Waals surface area contributed by atoms with Crippen LogP contribution in [-0.2, 0) is 11.3 Å². The summed E-state index contributed by atoms with van der Waals surface area (Å²) in [5.41, 5.74) is 1.28. The smallest absolute Gasteiger partial charge is 0.263 e. The van der Waals surface area contributed by atoms with Crippen LogP contribution in [0.5, 0.6) is 0 Å². The standard InChI is InChI=1S/C21H15BrN4O3/c22-15-8-10-16(11-9-15)23-18(27)13-26-12-4-7-17(21(26)28)20-24-19(25-29-20)14-5-2-1-3-6-14/h1-12H,13H2,(H,23,27). The van der Waals surface area contributed by atoms with E-state index in [1.54, 1.807) is 30.5 Å². The summed E-state index contributed by atoms with van der Waals surface area (Å²) in [5, 5.41) is 6.70. The van der Waals surface area contributed by atoms with E-state index in [-0.39, 0.29) is 29.5 Å². The Morgan fingerprint density at radius 1 is 1.03 bits per heavy atom. The van der Waals surface area contributed by atoms with Gasteiger partial charge >= 0.3 is 0 Å². The second kappa shape index (κ2) is 8.24. The van der Waals surface area contributed by atoms with E-state index in [0.29, 0.717) is 11.5 Å². The first kappa shape index (κ1) is 18.8. The molecule has 1 amide bonds. The maximum absolute atomic E-state index is 12.8. The number of carbonyl (C=O) groups is 1. The number of hydrogen-bond donors (Lipinski definition) is 1. The minimum Gasteiger partial charge on any atom is -0.333 e. The van der Waals surface area contributed by atoms with E-state index in [9.17, 15) is 9.59 Å². The first-order valence-corrected chi connectivity index (χ1v) is 9.54. The van der Waals surface area contributed by atoms with E-state index in [0.717, 1.165) is 10.0 Å². The van der Waals surface area contributed by atoms with Crippen LogP contribution in [0.3, 0.4) is 0 Å². The van der Waals surface area contributed by atoms with Crippen molar-refractivity contribution < 1.29 is 9.32 Å². The number of benzene rings is 2. The summed E-state index contributed by atoms with van der Waals surface area (Å²) >= 11 is 3.34. The van der Waals surface area contributed by atoms with Gasteiger partial charge in [0.15, 0.2) is 0 Å². The third kappa shape index (κ3) is 4.33. The first-order chi connectivity index (χ1) is 14.1. The Bertz CT molecular complexity index is 1200. The van der Waals surface area contributed by atoms with Crippen LogP contribution >= 0.6 is 15.9 Å². The Morgan fingerprint density at radius 2 is 1.79 bits per heavy atom. The van der Waals surface area contributed by atoms with Gasteiger partial charge in [-0.3, -0.25) is 9.59 Å². The highest BCUT2D eigenvalue weighted by Crippen LogP contribution is 2.19. The van der Waals surface area contributed by atoms with Crippen LogP contribution in [-0.4, -0.2) is 20.6 Å². The predicted octanol–water partition coefficient (Wildman–Crippen LogP) is 3.97. The van der Waals surface area contributed by atoms with E-state index >= 15 is 0 Å². The van der Waals surface area contributed by atoms with Crippen LogP contribution in [0.1, 0.15) is 0 Å². The molecule has 0 unspecified atom stereocenters. The third-order valence-electron chi connectivity index (χ3n) is 4.15. The zero-order chi connectivity index (χ0) is 20.2. The van der Waals surface area contributed by atoms with E-state index < -0.39 is 0 Å². The molecule has 29 heavy (non-hydrogen) atoms. The first-order valence-electron chi connectivity index (χ1n) is 8.74. The van der Waals surface area contributed by atoms with Gasteiger partial charge in [0.1, 0.15) is 12.1 Å². The molecule has 0 aliphatic carbocycles. The summed E-state index contributed by atoms with van der Waals surface area (Å²) in [7, 11) is 0. The summed E-state index contributed by atoms with van der Waals surface area (Å²) in [4.78, 5) is 29.4. The van der Waals surface area contributed by atoms with E-state index in [1.165, 1.54) is 4.57 Å². The zero-order valence-electron chi connectivity index (χ0n) is 15.1. The van der Waals surface area contributed by atoms with Crippen LogP contribution in [0.2, 0.25) is 0 Å². The highest BCUT2D eigenvalue weighted by Gasteiger charge is 2.15. The van der Waals surface area contributed by atoms with Gasteiger partial charge in [-0.25, -0.2) is 0 Å². The molecule has 7 nitrogen and oxygen atoms in total. The van der Waals surface area contributed by atoms with E-state index in [1.807, 2.05) is 42.5 Å². The predicted molar refractivity (Wildman–Crippen MR) is 112 cm³/mol. The van der Waals surface area contributed by atoms with Crippen molar-refractivity contribution in [1.82, 2.24) is 14.7 Å². The molecule has 2 aromatic carbocycles. The number of aromatic nitrogens is 3. The molecule has 144 valence electrons. The van der Waals surface area contributed by atoms with Crippen molar-refractivity contribution in [3.63, 3.8) is 0 Å². The molecular formula is C21H15BrN4O3. The lowest BCUT2D eigenvalue weighted by Crippen LogP contribution is -2.28. The molecule has 0 aliphatic rings. The molecule has 2 aromatic heterocycles. The number of nitrogens with one attached hydrogen (secondary N) is 1. The van der Waals surface area contributed by atoms with Gasteiger partial charge in [-0.1, -0.05) is 51.4 Å². The summed E-state index contributed by atoms with van der Waals surface area (Å²) in [6.07, 6.45) is 1.54. The van der Waals surface area contributed by atoms with Crippen molar-refractivity contribution in [3.05, 3.63) is 87.8 Å². The van der Waals surface area contributed by atoms with Gasteiger partial charge in [-0.05, 0) is 36.4 Å². The molecule has 4 rings (SSSR count). The van der Waals surface area contributed by atoms with Crippen molar-refractivity contribution in [2.24, 2.45) is 0 Å². The molecule has 1 N–H and O–H groups in total. The summed E-state index contributed by atoms with van der Waals surface area (Å²) in [6.45, 7) is -0.136. The largest absolute Gasteiger partial charge is 0.333 e. The second-order valence-electron chi connectivity index (χ2n) is 6.20. The number of hydrogen-bond acceptors (Lipinski definition) is 5. The van der Waals surface area contributed by atoms with Crippen molar-refractivity contribution >= 4 is 27.5 Å². The SMILES string of the molecule is O=C(Cn1cccc(-c2nc(-c3ccccc3)no2)c1=O)Nc1ccc(Br)cc1. The number of anilines is 1. The molecule has 2 heterocycles. The Labute approximate surface area is 174 Å². The maximum atomic E-state index is 12.8. The molecule has 4 aromatic rings. The average Bonchev–Trinajstić information content (AvgIpc) is 3.22. The topological polar surface area (TPSA) is 90.0 Å². The van der Waals surface area contributed by atoms with Crippen LogP contribution in [0, 0.1) is 0 Å². The highest BCUT2D eigenvalue weighted by atomic mass is 79.9. The molecule has 0 aliphatic heterocycles. The monoisotopic (exact) mass is 450 g/mol. The van der Waals surface area contributed by atoms with E-state index in [4.69, 9.17) is 4.52 Å². The highest BCUT2D eigenvalue weighted by molar-refractivity contribution is 9.10. The third-order valence-corrected chi connectivity index (χ3v) is 4.68. The molecule has 0 atom stereocenters. The summed E-state index contributed by atoms with van der Waals surface area (Å²) < 4.78 is 7.49. The van der Waals surface area contributed by atoms with Crippen LogP contribution in [0.15, 0.2) is 86.7 Å². The van der Waals surface area contributed by atoms with Gasteiger partial charge in [0, 0.05) is 21.9 Å². The van der Waals surface area contributed by atoms with Crippen molar-refractivity contribution in [2.75, 3.05) is 5.32 Å². The number of carbonyl (C=O) groups excluding carboxylic acids is 1. The van der Waals surface area contributed by atoms with Crippen molar-refractivity contribution in [3.8, 4) is 22.8 Å². The van der Waals surface area contributed by atoms with E-state index in [2.05, 4.69) is 31.4 Å². The summed E-state index contributed by atoms with van der Waals surface area (Å²) in [5.74, 6) is 0.182. The molecule has 0 saturated heterocycles. The van der Waals surface area contributed by atoms with Crippen LogP contribution in [0.25, 0.3) is 22.8 Å². The van der Waals surface area contributed by atoms with Gasteiger partial charge in [0.05, 0.1) is 0 Å². The summed E-state index contributed by atoms with van der Waals surface area (Å²) in [6, 6.07) is 19.8. The molecule has 0 radical (unpaired) electrons. The normalized spacial score (nSPS) is 10.7. The quantitative estimate of drug-likeness (QED) is 0.496. The number of rotatable bonds is 5. The van der Waals surface area contributed by atoms with Crippen LogP contribution < -0.4 is 10.9 Å². The second-order valence-corrected chi connectivity index (χ2v) is 7.11. The van der Waals surface area contributed by atoms with Crippen LogP contribution in [0.4, 0.5) is 5.69 Å². The zero-order valence-corrected chi connectivity index (χ0v) is 16.7. The fraction of sp³-hybridized carbons (Fsp3) is 0.0476. The molecule has 0 fully saturated rings. The number of nitrogens with zero attached hydrogens (tertiary/aromatic N) is 3. The van der Waals surface area contributed by atoms with Crippen molar-refractivity contribution in [2.45, 2.75) is 6.54 Å². The fourth-order valence-electron chi connectivity index (χ4n) is 2.75. The molecule has 0 bridgehead atoms. The van der Waals surface area contributed by atoms with Gasteiger partial charge < -0.3 is 14.4 Å².